The van der Waals surface area contributed by atoms with E-state index in [0.717, 1.165) is 23.4 Å². The Balaban J connectivity index is 1.52. The summed E-state index contributed by atoms with van der Waals surface area (Å²) < 4.78 is 9.07. The van der Waals surface area contributed by atoms with Crippen molar-refractivity contribution in [2.24, 2.45) is 0 Å². The third-order valence-corrected chi connectivity index (χ3v) is 7.07. The largest absolute Gasteiger partial charge is 0.444 e. The monoisotopic (exact) mass is 571 g/mol. The second kappa shape index (κ2) is 10.3. The molecule has 1 aliphatic heterocycles. The van der Waals surface area contributed by atoms with Gasteiger partial charge in [0.2, 0.25) is 5.95 Å². The van der Waals surface area contributed by atoms with Crippen molar-refractivity contribution < 1.29 is 9.53 Å². The fourth-order valence-electron chi connectivity index (χ4n) is 5.07. The second-order valence-corrected chi connectivity index (χ2v) is 13.9. The summed E-state index contributed by atoms with van der Waals surface area (Å²) >= 11 is 0. The molecule has 42 heavy (non-hydrogen) atoms. The Kier molecular flexibility index (Phi) is 7.15. The summed E-state index contributed by atoms with van der Waals surface area (Å²) in [6, 6.07) is 11.9. The van der Waals surface area contributed by atoms with E-state index in [2.05, 4.69) is 37.1 Å². The zero-order valence-corrected chi connectivity index (χ0v) is 26.1. The second-order valence-electron chi connectivity index (χ2n) is 13.9. The maximum absolute atomic E-state index is 13.6. The van der Waals surface area contributed by atoms with Crippen LogP contribution in [-0.4, -0.2) is 47.5 Å². The third-order valence-electron chi connectivity index (χ3n) is 7.07. The summed E-state index contributed by atoms with van der Waals surface area (Å²) in [7, 11) is 0. The number of carbonyl (C=O) groups excluding carboxylic acids is 1. The van der Waals surface area contributed by atoms with Crippen LogP contribution in [0.5, 0.6) is 0 Å². The summed E-state index contributed by atoms with van der Waals surface area (Å²) in [4.78, 5) is 42.3. The Bertz CT molecular complexity index is 1720. The Morgan fingerprint density at radius 1 is 0.952 bits per heavy atom. The Labute approximate surface area is 246 Å². The smallest absolute Gasteiger partial charge is 0.410 e. The third kappa shape index (κ3) is 5.89. The van der Waals surface area contributed by atoms with Crippen LogP contribution in [0.1, 0.15) is 79.1 Å². The van der Waals surface area contributed by atoms with E-state index >= 15 is 0 Å². The van der Waals surface area contributed by atoms with Gasteiger partial charge in [-0.15, -0.1) is 0 Å². The van der Waals surface area contributed by atoms with Gasteiger partial charge in [-0.05, 0) is 83.4 Å². The zero-order chi connectivity index (χ0) is 30.6. The molecule has 5 rings (SSSR count). The molecule has 1 aliphatic rings. The molecular weight excluding hydrogens is 530 g/mol. The first-order chi connectivity index (χ1) is 19.5. The average molecular weight is 572 g/mol. The van der Waals surface area contributed by atoms with Gasteiger partial charge in [-0.25, -0.2) is 24.1 Å². The highest BCUT2D eigenvalue weighted by Crippen LogP contribution is 2.27. The van der Waals surface area contributed by atoms with Crippen LogP contribution >= 0.6 is 0 Å². The number of amides is 1. The van der Waals surface area contributed by atoms with Crippen molar-refractivity contribution in [1.29, 1.82) is 0 Å². The van der Waals surface area contributed by atoms with Crippen molar-refractivity contribution >= 4 is 28.8 Å². The Morgan fingerprint density at radius 3 is 2.36 bits per heavy atom. The van der Waals surface area contributed by atoms with Gasteiger partial charge < -0.3 is 15.0 Å². The number of rotatable bonds is 3. The Hall–Kier alpha value is -4.21. The molecule has 4 aromatic rings. The molecule has 0 aliphatic carbocycles. The first kappa shape index (κ1) is 29.3. The molecule has 1 N–H and O–H groups in total. The van der Waals surface area contributed by atoms with Crippen molar-refractivity contribution in [2.45, 2.75) is 91.8 Å². The minimum absolute atomic E-state index is 0.168. The number of nitrogens with zero attached hydrogens (tertiary/aromatic N) is 6. The molecule has 0 atom stereocenters. The van der Waals surface area contributed by atoms with Gasteiger partial charge in [-0.2, -0.15) is 4.98 Å². The molecule has 0 saturated carbocycles. The van der Waals surface area contributed by atoms with Crippen LogP contribution in [0.4, 0.5) is 16.4 Å². The first-order valence-corrected chi connectivity index (χ1v) is 14.4. The van der Waals surface area contributed by atoms with Crippen LogP contribution in [0.3, 0.4) is 0 Å². The minimum Gasteiger partial charge on any atom is -0.444 e. The standard InChI is InChI=1S/C32H41N7O3/c1-30(2,3)24-11-10-12-25(35-24)38-26-23(27(40)39(38)31(4,5)6)18-33-28(36-26)34-22-14-13-20-15-16-37(19-21(20)17-22)29(41)42-32(7,8)9/h10-14,17-18H,15-16,19H2,1-9H3,(H,33,34,36). The lowest BCUT2D eigenvalue weighted by Crippen LogP contribution is -2.39. The summed E-state index contributed by atoms with van der Waals surface area (Å²) in [5.41, 5.74) is 2.97. The molecule has 0 fully saturated rings. The van der Waals surface area contributed by atoms with Crippen molar-refractivity contribution in [2.75, 3.05) is 11.9 Å². The van der Waals surface area contributed by atoms with Gasteiger partial charge in [0.25, 0.3) is 5.56 Å². The summed E-state index contributed by atoms with van der Waals surface area (Å²) in [6.07, 6.45) is 2.01. The van der Waals surface area contributed by atoms with Gasteiger partial charge in [0.15, 0.2) is 11.5 Å². The highest BCUT2D eigenvalue weighted by Gasteiger charge is 2.28. The molecule has 1 aromatic carbocycles. The number of hydrogen-bond acceptors (Lipinski definition) is 7. The number of anilines is 2. The van der Waals surface area contributed by atoms with Crippen LogP contribution in [0.25, 0.3) is 16.9 Å². The highest BCUT2D eigenvalue weighted by atomic mass is 16.6. The lowest BCUT2D eigenvalue weighted by Gasteiger charge is -2.31. The molecule has 10 nitrogen and oxygen atoms in total. The molecule has 3 aromatic heterocycles. The number of aromatic nitrogens is 5. The summed E-state index contributed by atoms with van der Waals surface area (Å²) in [5.74, 6) is 0.971. The maximum Gasteiger partial charge on any atom is 0.410 e. The molecular formula is C32H41N7O3. The zero-order valence-electron chi connectivity index (χ0n) is 26.1. The quantitative estimate of drug-likeness (QED) is 0.318. The first-order valence-electron chi connectivity index (χ1n) is 14.4. The minimum atomic E-state index is -0.549. The predicted molar refractivity (Wildman–Crippen MR) is 165 cm³/mol. The predicted octanol–water partition coefficient (Wildman–Crippen LogP) is 6.07. The van der Waals surface area contributed by atoms with Gasteiger partial charge in [0.1, 0.15) is 11.0 Å². The van der Waals surface area contributed by atoms with E-state index in [9.17, 15) is 9.59 Å². The molecule has 10 heteroatoms. The van der Waals surface area contributed by atoms with Crippen LogP contribution in [0.15, 0.2) is 47.4 Å². The Morgan fingerprint density at radius 2 is 1.69 bits per heavy atom. The summed E-state index contributed by atoms with van der Waals surface area (Å²) in [5, 5.41) is 3.72. The molecule has 0 saturated heterocycles. The van der Waals surface area contributed by atoms with Crippen molar-refractivity contribution in [1.82, 2.24) is 29.2 Å². The maximum atomic E-state index is 13.6. The molecule has 1 amide bonds. The van der Waals surface area contributed by atoms with Crippen molar-refractivity contribution in [3.8, 4) is 5.82 Å². The topological polar surface area (TPSA) is 107 Å². The van der Waals surface area contributed by atoms with E-state index in [1.54, 1.807) is 20.5 Å². The molecule has 222 valence electrons. The van der Waals surface area contributed by atoms with Crippen molar-refractivity contribution in [3.05, 3.63) is 69.8 Å². The van der Waals surface area contributed by atoms with Gasteiger partial charge in [0.05, 0.1) is 5.54 Å². The van der Waals surface area contributed by atoms with Crippen molar-refractivity contribution in [3.63, 3.8) is 0 Å². The fraction of sp³-hybridized carbons (Fsp3) is 0.469. The van der Waals surface area contributed by atoms with E-state index in [-0.39, 0.29) is 17.1 Å². The number of carbonyl (C=O) groups is 1. The number of ether oxygens (including phenoxy) is 1. The SMILES string of the molecule is CC(C)(C)OC(=O)N1CCc2ccc(Nc3ncc4c(=O)n(C(C)(C)C)n(-c5cccc(C(C)(C)C)n5)c4n3)cc2C1. The van der Waals surface area contributed by atoms with E-state index in [0.29, 0.717) is 35.9 Å². The number of nitrogens with one attached hydrogen (secondary N) is 1. The number of pyridine rings is 1. The van der Waals surface area contributed by atoms with Crippen LogP contribution in [0.2, 0.25) is 0 Å². The highest BCUT2D eigenvalue weighted by molar-refractivity contribution is 5.77. The van der Waals surface area contributed by atoms with E-state index in [1.807, 2.05) is 71.9 Å². The number of benzene rings is 1. The summed E-state index contributed by atoms with van der Waals surface area (Å²) in [6.45, 7) is 19.0. The normalized spacial score (nSPS) is 14.2. The molecule has 4 heterocycles. The van der Waals surface area contributed by atoms with Crippen LogP contribution in [-0.2, 0) is 28.7 Å². The van der Waals surface area contributed by atoms with Gasteiger partial charge in [-0.1, -0.05) is 32.9 Å². The van der Waals surface area contributed by atoms with Crippen LogP contribution in [0, 0.1) is 0 Å². The van der Waals surface area contributed by atoms with E-state index in [4.69, 9.17) is 14.7 Å². The van der Waals surface area contributed by atoms with E-state index < -0.39 is 11.1 Å². The fourth-order valence-corrected chi connectivity index (χ4v) is 5.07. The van der Waals surface area contributed by atoms with Gasteiger partial charge in [-0.3, -0.25) is 4.79 Å². The lowest BCUT2D eigenvalue weighted by molar-refractivity contribution is 0.0224. The average Bonchev–Trinajstić information content (AvgIpc) is 3.19. The van der Waals surface area contributed by atoms with E-state index in [1.165, 1.54) is 5.56 Å². The molecule has 0 radical (unpaired) electrons. The van der Waals surface area contributed by atoms with Gasteiger partial charge in [0, 0.05) is 36.1 Å². The molecule has 0 unspecified atom stereocenters. The van der Waals surface area contributed by atoms with Crippen LogP contribution < -0.4 is 10.9 Å². The number of fused-ring (bicyclic) bond motifs is 2. The molecule has 0 spiro atoms. The number of hydrogen-bond donors (Lipinski definition) is 1. The molecule has 0 bridgehead atoms. The van der Waals surface area contributed by atoms with Gasteiger partial charge >= 0.3 is 6.09 Å². The lowest BCUT2D eigenvalue weighted by atomic mass is 9.92.